The van der Waals surface area contributed by atoms with E-state index in [1.54, 1.807) is 60.7 Å². The number of halogens is 2. The van der Waals surface area contributed by atoms with E-state index in [1.165, 1.54) is 17.0 Å². The van der Waals surface area contributed by atoms with Crippen LogP contribution in [-0.2, 0) is 32.6 Å². The molecule has 4 rings (SSSR count). The van der Waals surface area contributed by atoms with E-state index in [0.29, 0.717) is 27.7 Å². The number of benzene rings is 4. The molecular formula is C35H37Cl2N3O4S. The Balaban J connectivity index is 1.81. The molecule has 0 fully saturated rings. The van der Waals surface area contributed by atoms with Gasteiger partial charge >= 0.3 is 0 Å². The number of aryl methyl sites for hydroxylation is 1. The molecule has 0 aliphatic heterocycles. The van der Waals surface area contributed by atoms with Crippen LogP contribution in [0.4, 0.5) is 5.69 Å². The van der Waals surface area contributed by atoms with Crippen molar-refractivity contribution in [2.45, 2.75) is 57.1 Å². The van der Waals surface area contributed by atoms with Gasteiger partial charge < -0.3 is 10.2 Å². The van der Waals surface area contributed by atoms with Crippen molar-refractivity contribution in [2.75, 3.05) is 10.8 Å². The molecule has 2 atom stereocenters. The normalized spacial score (nSPS) is 12.6. The van der Waals surface area contributed by atoms with Crippen molar-refractivity contribution in [2.24, 2.45) is 0 Å². The van der Waals surface area contributed by atoms with E-state index >= 15 is 0 Å². The molecule has 0 saturated heterocycles. The third-order valence-electron chi connectivity index (χ3n) is 7.54. The van der Waals surface area contributed by atoms with Gasteiger partial charge in [-0.3, -0.25) is 13.9 Å². The fourth-order valence-electron chi connectivity index (χ4n) is 4.79. The first-order valence-electron chi connectivity index (χ1n) is 14.7. The molecule has 0 aliphatic rings. The Morgan fingerprint density at radius 2 is 1.44 bits per heavy atom. The van der Waals surface area contributed by atoms with Gasteiger partial charge in [-0.1, -0.05) is 102 Å². The maximum atomic E-state index is 14.5. The van der Waals surface area contributed by atoms with Gasteiger partial charge in [0, 0.05) is 19.0 Å². The Hall–Kier alpha value is -3.85. The van der Waals surface area contributed by atoms with Gasteiger partial charge in [-0.25, -0.2) is 8.42 Å². The van der Waals surface area contributed by atoms with Crippen molar-refractivity contribution in [1.29, 1.82) is 0 Å². The van der Waals surface area contributed by atoms with Gasteiger partial charge in [0.25, 0.3) is 10.0 Å². The second-order valence-electron chi connectivity index (χ2n) is 11.0. The Labute approximate surface area is 275 Å². The van der Waals surface area contributed by atoms with Gasteiger partial charge in [-0.15, -0.1) is 0 Å². The maximum Gasteiger partial charge on any atom is 0.264 e. The largest absolute Gasteiger partial charge is 0.352 e. The lowest BCUT2D eigenvalue weighted by Crippen LogP contribution is -2.54. The quantitative estimate of drug-likeness (QED) is 0.166. The average molecular weight is 667 g/mol. The third kappa shape index (κ3) is 8.87. The van der Waals surface area contributed by atoms with E-state index in [2.05, 4.69) is 5.32 Å². The number of anilines is 1. The van der Waals surface area contributed by atoms with Crippen LogP contribution in [-0.4, -0.2) is 43.8 Å². The minimum absolute atomic E-state index is 0.00568. The van der Waals surface area contributed by atoms with Crippen LogP contribution in [0.1, 0.15) is 37.0 Å². The zero-order valence-electron chi connectivity index (χ0n) is 25.5. The summed E-state index contributed by atoms with van der Waals surface area (Å²) in [4.78, 5) is 29.9. The van der Waals surface area contributed by atoms with E-state index in [1.807, 2.05) is 51.1 Å². The van der Waals surface area contributed by atoms with E-state index in [-0.39, 0.29) is 29.8 Å². The zero-order chi connectivity index (χ0) is 32.6. The molecule has 7 nitrogen and oxygen atoms in total. The van der Waals surface area contributed by atoms with Crippen LogP contribution in [0.25, 0.3) is 0 Å². The van der Waals surface area contributed by atoms with E-state index < -0.39 is 28.5 Å². The molecule has 2 amide bonds. The third-order valence-corrected chi connectivity index (χ3v) is 10.1. The molecule has 4 aromatic carbocycles. The van der Waals surface area contributed by atoms with Gasteiger partial charge in [0.1, 0.15) is 12.6 Å². The summed E-state index contributed by atoms with van der Waals surface area (Å²) in [5.74, 6) is -0.893. The van der Waals surface area contributed by atoms with Crippen LogP contribution in [0, 0.1) is 6.92 Å². The first kappa shape index (κ1) is 34.0. The van der Waals surface area contributed by atoms with E-state index in [4.69, 9.17) is 23.2 Å². The fraction of sp³-hybridized carbons (Fsp3) is 0.257. The lowest BCUT2D eigenvalue weighted by atomic mass is 10.0. The highest BCUT2D eigenvalue weighted by Gasteiger charge is 2.35. The molecular weight excluding hydrogens is 629 g/mol. The van der Waals surface area contributed by atoms with Gasteiger partial charge in [-0.2, -0.15) is 0 Å². The number of sulfonamides is 1. The summed E-state index contributed by atoms with van der Waals surface area (Å²) in [5.41, 5.74) is 2.75. The molecule has 0 saturated carbocycles. The molecule has 2 unspecified atom stereocenters. The van der Waals surface area contributed by atoms with Crippen LogP contribution >= 0.6 is 23.2 Å². The highest BCUT2D eigenvalue weighted by Crippen LogP contribution is 2.27. The molecule has 45 heavy (non-hydrogen) atoms. The van der Waals surface area contributed by atoms with Crippen molar-refractivity contribution >= 4 is 50.7 Å². The molecule has 1 N–H and O–H groups in total. The average Bonchev–Trinajstić information content (AvgIpc) is 3.04. The lowest BCUT2D eigenvalue weighted by molar-refractivity contribution is -0.140. The number of nitrogens with zero attached hydrogens (tertiary/aromatic N) is 2. The Bertz CT molecular complexity index is 1700. The SMILES string of the molecule is CCC(C)NC(=O)C(Cc1ccccc1)N(Cc1ccc(Cl)c(Cl)c1)C(=O)CN(c1ccc(C)cc1)S(=O)(=O)c1ccccc1. The second kappa shape index (κ2) is 15.4. The van der Waals surface area contributed by atoms with Crippen LogP contribution in [0.15, 0.2) is 108 Å². The summed E-state index contributed by atoms with van der Waals surface area (Å²) in [5, 5.41) is 3.69. The molecule has 0 bridgehead atoms. The van der Waals surface area contributed by atoms with Crippen molar-refractivity contribution in [3.8, 4) is 0 Å². The molecule has 0 aromatic heterocycles. The number of hydrogen-bond acceptors (Lipinski definition) is 4. The van der Waals surface area contributed by atoms with Crippen LogP contribution in [0.5, 0.6) is 0 Å². The minimum atomic E-state index is -4.16. The molecule has 4 aromatic rings. The maximum absolute atomic E-state index is 14.5. The van der Waals surface area contributed by atoms with Crippen LogP contribution < -0.4 is 9.62 Å². The van der Waals surface area contributed by atoms with Gasteiger partial charge in [0.05, 0.1) is 20.6 Å². The second-order valence-corrected chi connectivity index (χ2v) is 13.6. The summed E-state index contributed by atoms with van der Waals surface area (Å²) in [6, 6.07) is 28.2. The highest BCUT2D eigenvalue weighted by atomic mass is 35.5. The molecule has 0 aliphatic carbocycles. The smallest absolute Gasteiger partial charge is 0.264 e. The van der Waals surface area contributed by atoms with Gasteiger partial charge in [0.2, 0.25) is 11.8 Å². The predicted octanol–water partition coefficient (Wildman–Crippen LogP) is 7.05. The van der Waals surface area contributed by atoms with Gasteiger partial charge in [0.15, 0.2) is 0 Å². The number of rotatable bonds is 13. The highest BCUT2D eigenvalue weighted by molar-refractivity contribution is 7.92. The van der Waals surface area contributed by atoms with Crippen molar-refractivity contribution in [1.82, 2.24) is 10.2 Å². The van der Waals surface area contributed by atoms with E-state index in [9.17, 15) is 18.0 Å². The first-order valence-corrected chi connectivity index (χ1v) is 16.9. The summed E-state index contributed by atoms with van der Waals surface area (Å²) >= 11 is 12.5. The summed E-state index contributed by atoms with van der Waals surface area (Å²) in [6.07, 6.45) is 0.910. The molecule has 0 radical (unpaired) electrons. The molecule has 10 heteroatoms. The monoisotopic (exact) mass is 665 g/mol. The van der Waals surface area contributed by atoms with Crippen LogP contribution in [0.2, 0.25) is 10.0 Å². The Morgan fingerprint density at radius 3 is 2.04 bits per heavy atom. The predicted molar refractivity (Wildman–Crippen MR) is 181 cm³/mol. The topological polar surface area (TPSA) is 86.8 Å². The summed E-state index contributed by atoms with van der Waals surface area (Å²) in [6.45, 7) is 5.21. The lowest BCUT2D eigenvalue weighted by Gasteiger charge is -2.34. The Kier molecular flexibility index (Phi) is 11.7. The number of amides is 2. The Morgan fingerprint density at radius 1 is 0.822 bits per heavy atom. The van der Waals surface area contributed by atoms with Crippen molar-refractivity contribution in [3.05, 3.63) is 130 Å². The summed E-state index contributed by atoms with van der Waals surface area (Å²) in [7, 11) is -4.16. The molecule has 0 spiro atoms. The van der Waals surface area contributed by atoms with Crippen molar-refractivity contribution in [3.63, 3.8) is 0 Å². The standard InChI is InChI=1S/C35H37Cl2N3O4S/c1-4-26(3)38-35(42)33(22-27-11-7-5-8-12-27)39(23-28-17-20-31(36)32(37)21-28)34(41)24-40(29-18-15-25(2)16-19-29)45(43,44)30-13-9-6-10-14-30/h5-21,26,33H,4,22-24H2,1-3H3,(H,38,42). The van der Waals surface area contributed by atoms with Gasteiger partial charge in [-0.05, 0) is 67.8 Å². The molecule has 0 heterocycles. The fourth-order valence-corrected chi connectivity index (χ4v) is 6.55. The minimum Gasteiger partial charge on any atom is -0.352 e. The number of nitrogens with one attached hydrogen (secondary N) is 1. The number of hydrogen-bond donors (Lipinski definition) is 1. The zero-order valence-corrected chi connectivity index (χ0v) is 27.8. The van der Waals surface area contributed by atoms with E-state index in [0.717, 1.165) is 15.4 Å². The summed E-state index contributed by atoms with van der Waals surface area (Å²) < 4.78 is 29.2. The number of carbonyl (C=O) groups excluding carboxylic acids is 2. The molecule has 236 valence electrons. The van der Waals surface area contributed by atoms with Crippen LogP contribution in [0.3, 0.4) is 0 Å². The van der Waals surface area contributed by atoms with Crippen molar-refractivity contribution < 1.29 is 18.0 Å². The number of carbonyl (C=O) groups is 2. The first-order chi connectivity index (χ1) is 21.5.